The van der Waals surface area contributed by atoms with E-state index in [2.05, 4.69) is 30.3 Å². The number of hydrogen-bond donors (Lipinski definition) is 2. The topological polar surface area (TPSA) is 89.0 Å². The Balaban J connectivity index is 2.36. The number of pyridine rings is 1. The molecule has 0 radical (unpaired) electrons. The maximum absolute atomic E-state index is 13.3. The van der Waals surface area contributed by atoms with E-state index >= 15 is 0 Å². The molecule has 0 aliphatic heterocycles. The van der Waals surface area contributed by atoms with E-state index < -0.39 is 24.3 Å². The maximum atomic E-state index is 13.3. The van der Waals surface area contributed by atoms with Gasteiger partial charge in [-0.05, 0) is 6.07 Å². The standard InChI is InChI=1S/C14H13F4N5O2/c1-7(24)21-11-5-8(9(6-20-11)25-13(15)16)22-10-3-4-19-12(23-10)14(2,17)18/h3-6,13H,1-2H3,(H2,19,20,21,22,23,24). The molecule has 0 bridgehead atoms. The monoisotopic (exact) mass is 359 g/mol. The van der Waals surface area contributed by atoms with Gasteiger partial charge in [0.25, 0.3) is 0 Å². The van der Waals surface area contributed by atoms with Crippen LogP contribution in [0.15, 0.2) is 24.5 Å². The summed E-state index contributed by atoms with van der Waals surface area (Å²) in [7, 11) is 0. The molecule has 0 saturated carbocycles. The number of amides is 1. The first-order valence-electron chi connectivity index (χ1n) is 6.86. The zero-order valence-corrected chi connectivity index (χ0v) is 13.1. The molecule has 0 aromatic carbocycles. The van der Waals surface area contributed by atoms with E-state index in [-0.39, 0.29) is 23.1 Å². The molecule has 2 rings (SSSR count). The SMILES string of the molecule is CC(=O)Nc1cc(Nc2ccnc(C(C)(F)F)n2)c(OC(F)F)cn1. The first-order chi connectivity index (χ1) is 11.6. The molecule has 7 nitrogen and oxygen atoms in total. The summed E-state index contributed by atoms with van der Waals surface area (Å²) in [6.45, 7) is -1.27. The lowest BCUT2D eigenvalue weighted by Crippen LogP contribution is -2.14. The highest BCUT2D eigenvalue weighted by molar-refractivity contribution is 5.88. The van der Waals surface area contributed by atoms with E-state index in [9.17, 15) is 22.4 Å². The molecule has 0 saturated heterocycles. The van der Waals surface area contributed by atoms with E-state index in [1.54, 1.807) is 0 Å². The number of aromatic nitrogens is 3. The molecule has 2 N–H and O–H groups in total. The molecule has 1 amide bonds. The van der Waals surface area contributed by atoms with E-state index in [4.69, 9.17) is 0 Å². The second kappa shape index (κ2) is 7.28. The highest BCUT2D eigenvalue weighted by Gasteiger charge is 2.28. The molecular weight excluding hydrogens is 346 g/mol. The van der Waals surface area contributed by atoms with Gasteiger partial charge in [0.15, 0.2) is 5.75 Å². The Labute approximate surface area is 139 Å². The second-order valence-electron chi connectivity index (χ2n) is 4.90. The Kier molecular flexibility index (Phi) is 5.35. The van der Waals surface area contributed by atoms with Crippen molar-refractivity contribution in [2.24, 2.45) is 0 Å². The normalized spacial score (nSPS) is 11.3. The number of alkyl halides is 4. The third kappa shape index (κ3) is 5.26. The molecule has 0 aliphatic rings. The van der Waals surface area contributed by atoms with Crippen molar-refractivity contribution in [3.63, 3.8) is 0 Å². The number of carbonyl (C=O) groups is 1. The minimum absolute atomic E-state index is 0.0479. The number of halogens is 4. The van der Waals surface area contributed by atoms with Gasteiger partial charge in [-0.25, -0.2) is 15.0 Å². The van der Waals surface area contributed by atoms with Crippen LogP contribution in [0.3, 0.4) is 0 Å². The van der Waals surface area contributed by atoms with Crippen LogP contribution in [0, 0.1) is 0 Å². The predicted molar refractivity (Wildman–Crippen MR) is 80.1 cm³/mol. The van der Waals surface area contributed by atoms with Crippen molar-refractivity contribution in [3.05, 3.63) is 30.4 Å². The van der Waals surface area contributed by atoms with Gasteiger partial charge in [-0.1, -0.05) is 0 Å². The Morgan fingerprint density at radius 1 is 1.28 bits per heavy atom. The van der Waals surface area contributed by atoms with Crippen LogP contribution >= 0.6 is 0 Å². The molecular formula is C14H13F4N5O2. The lowest BCUT2D eigenvalue weighted by Gasteiger charge is -2.14. The van der Waals surface area contributed by atoms with E-state index in [0.717, 1.165) is 12.4 Å². The summed E-state index contributed by atoms with van der Waals surface area (Å²) in [6, 6.07) is 2.46. The van der Waals surface area contributed by atoms with Crippen molar-refractivity contribution in [1.82, 2.24) is 15.0 Å². The minimum Gasteiger partial charge on any atom is -0.431 e. The van der Waals surface area contributed by atoms with Crippen molar-refractivity contribution in [1.29, 1.82) is 0 Å². The minimum atomic E-state index is -3.28. The summed E-state index contributed by atoms with van der Waals surface area (Å²) in [5, 5.41) is 4.93. The molecule has 11 heteroatoms. The highest BCUT2D eigenvalue weighted by Crippen LogP contribution is 2.31. The molecule has 0 unspecified atom stereocenters. The van der Waals surface area contributed by atoms with Crippen molar-refractivity contribution >= 4 is 23.2 Å². The van der Waals surface area contributed by atoms with Crippen molar-refractivity contribution in [3.8, 4) is 5.75 Å². The summed E-state index contributed by atoms with van der Waals surface area (Å²) < 4.78 is 55.9. The second-order valence-corrected chi connectivity index (χ2v) is 4.90. The van der Waals surface area contributed by atoms with Crippen LogP contribution in [-0.2, 0) is 10.7 Å². The average molecular weight is 359 g/mol. The van der Waals surface area contributed by atoms with Crippen LogP contribution in [0.2, 0.25) is 0 Å². The number of ether oxygens (including phenoxy) is 1. The molecule has 0 atom stereocenters. The molecule has 2 aromatic rings. The summed E-state index contributed by atoms with van der Waals surface area (Å²) >= 11 is 0. The number of nitrogens with one attached hydrogen (secondary N) is 2. The third-order valence-electron chi connectivity index (χ3n) is 2.70. The van der Waals surface area contributed by atoms with E-state index in [1.165, 1.54) is 19.1 Å². The summed E-state index contributed by atoms with van der Waals surface area (Å²) in [6.07, 6.45) is 2.04. The van der Waals surface area contributed by atoms with Gasteiger partial charge in [0.2, 0.25) is 11.7 Å². The Bertz CT molecular complexity index is 767. The van der Waals surface area contributed by atoms with Gasteiger partial charge < -0.3 is 15.4 Å². The fourth-order valence-corrected chi connectivity index (χ4v) is 1.76. The lowest BCUT2D eigenvalue weighted by molar-refractivity contribution is -0.114. The third-order valence-corrected chi connectivity index (χ3v) is 2.70. The van der Waals surface area contributed by atoms with Crippen LogP contribution in [0.1, 0.15) is 19.7 Å². The first-order valence-corrected chi connectivity index (χ1v) is 6.86. The van der Waals surface area contributed by atoms with Gasteiger partial charge in [0, 0.05) is 26.1 Å². The van der Waals surface area contributed by atoms with Crippen LogP contribution in [0.4, 0.5) is 34.9 Å². The molecule has 2 heterocycles. The zero-order valence-electron chi connectivity index (χ0n) is 13.1. The fraction of sp³-hybridized carbons (Fsp3) is 0.286. The summed E-state index contributed by atoms with van der Waals surface area (Å²) in [4.78, 5) is 21.9. The molecule has 134 valence electrons. The van der Waals surface area contributed by atoms with Gasteiger partial charge in [-0.3, -0.25) is 4.79 Å². The average Bonchev–Trinajstić information content (AvgIpc) is 2.48. The van der Waals surface area contributed by atoms with Crippen molar-refractivity contribution < 1.29 is 27.1 Å². The number of hydrogen-bond acceptors (Lipinski definition) is 6. The van der Waals surface area contributed by atoms with Crippen LogP contribution < -0.4 is 15.4 Å². The number of rotatable bonds is 6. The first kappa shape index (κ1) is 18.4. The van der Waals surface area contributed by atoms with Gasteiger partial charge in [-0.15, -0.1) is 0 Å². The molecule has 0 fully saturated rings. The van der Waals surface area contributed by atoms with Gasteiger partial charge in [0.05, 0.1) is 11.9 Å². The lowest BCUT2D eigenvalue weighted by atomic mass is 10.3. The van der Waals surface area contributed by atoms with Gasteiger partial charge in [0.1, 0.15) is 11.6 Å². The Morgan fingerprint density at radius 2 is 2.00 bits per heavy atom. The molecule has 2 aromatic heterocycles. The quantitative estimate of drug-likeness (QED) is 0.770. The number of carbonyl (C=O) groups excluding carboxylic acids is 1. The van der Waals surface area contributed by atoms with Crippen molar-refractivity contribution in [2.75, 3.05) is 10.6 Å². The molecule has 25 heavy (non-hydrogen) atoms. The largest absolute Gasteiger partial charge is 0.431 e. The summed E-state index contributed by atoms with van der Waals surface area (Å²) in [5.74, 6) is -4.84. The Morgan fingerprint density at radius 3 is 2.60 bits per heavy atom. The maximum Gasteiger partial charge on any atom is 0.387 e. The number of nitrogens with zero attached hydrogens (tertiary/aromatic N) is 3. The smallest absolute Gasteiger partial charge is 0.387 e. The van der Waals surface area contributed by atoms with E-state index in [0.29, 0.717) is 6.92 Å². The van der Waals surface area contributed by atoms with Crippen molar-refractivity contribution in [2.45, 2.75) is 26.4 Å². The van der Waals surface area contributed by atoms with Crippen LogP contribution in [0.25, 0.3) is 0 Å². The number of anilines is 3. The van der Waals surface area contributed by atoms with Crippen LogP contribution in [0.5, 0.6) is 5.75 Å². The zero-order chi connectivity index (χ0) is 18.6. The molecule has 0 aliphatic carbocycles. The van der Waals surface area contributed by atoms with Gasteiger partial charge in [-0.2, -0.15) is 17.6 Å². The highest BCUT2D eigenvalue weighted by atomic mass is 19.3. The summed E-state index contributed by atoms with van der Waals surface area (Å²) in [5.41, 5.74) is -0.0527. The predicted octanol–water partition coefficient (Wildman–Crippen LogP) is 3.29. The molecule has 0 spiro atoms. The Hall–Kier alpha value is -2.98. The van der Waals surface area contributed by atoms with Crippen LogP contribution in [-0.4, -0.2) is 27.5 Å². The van der Waals surface area contributed by atoms with E-state index in [1.807, 2.05) is 0 Å². The van der Waals surface area contributed by atoms with Gasteiger partial charge >= 0.3 is 12.5 Å². The fourth-order valence-electron chi connectivity index (χ4n) is 1.76.